The highest BCUT2D eigenvalue weighted by Gasteiger charge is 2.33. The summed E-state index contributed by atoms with van der Waals surface area (Å²) in [4.78, 5) is 14.3. The fourth-order valence-corrected chi connectivity index (χ4v) is 3.34. The second-order valence-electron chi connectivity index (χ2n) is 5.27. The van der Waals surface area contributed by atoms with Crippen molar-refractivity contribution in [3.63, 3.8) is 0 Å². The smallest absolute Gasteiger partial charge is 0.246 e. The maximum atomic E-state index is 11.9. The average molecular weight is 336 g/mol. The highest BCUT2D eigenvalue weighted by molar-refractivity contribution is 9.10. The molecule has 1 aromatic rings. The van der Waals surface area contributed by atoms with Crippen LogP contribution < -0.4 is 15.5 Å². The van der Waals surface area contributed by atoms with Crippen LogP contribution in [0.5, 0.6) is 0 Å². The van der Waals surface area contributed by atoms with Crippen molar-refractivity contribution in [1.29, 1.82) is 0 Å². The Morgan fingerprint density at radius 3 is 2.90 bits per heavy atom. The lowest BCUT2D eigenvalue weighted by Gasteiger charge is -2.25. The van der Waals surface area contributed by atoms with Crippen LogP contribution in [-0.4, -0.2) is 25.5 Å². The van der Waals surface area contributed by atoms with Crippen LogP contribution in [0.3, 0.4) is 0 Å². The highest BCUT2D eigenvalue weighted by atomic mass is 79.9. The molecule has 1 fully saturated rings. The fourth-order valence-electron chi connectivity index (χ4n) is 2.75. The van der Waals surface area contributed by atoms with E-state index in [-0.39, 0.29) is 11.9 Å². The third-order valence-corrected chi connectivity index (χ3v) is 4.50. The third-order valence-electron chi connectivity index (χ3n) is 3.86. The fraction of sp³-hybridized carbons (Fsp3) is 0.400. The molecule has 5 heteroatoms. The first-order valence-corrected chi connectivity index (χ1v) is 7.64. The molecule has 3 rings (SSSR count). The summed E-state index contributed by atoms with van der Waals surface area (Å²) in [6.45, 7) is 4.66. The Labute approximate surface area is 127 Å². The van der Waals surface area contributed by atoms with Gasteiger partial charge in [0.2, 0.25) is 5.91 Å². The molecule has 1 heterocycles. The van der Waals surface area contributed by atoms with Crippen LogP contribution in [0.2, 0.25) is 0 Å². The van der Waals surface area contributed by atoms with Gasteiger partial charge in [-0.1, -0.05) is 6.08 Å². The standard InChI is InChI=1S/C15H18BrN3O/c1-3-6-19(9-4-5-9)13-8-12-10(7-11(13)16)14(17-2)15(20)18-12/h3,7-9,14,17H,1,4-6H2,2H3,(H,18,20). The van der Waals surface area contributed by atoms with Crippen molar-refractivity contribution in [2.24, 2.45) is 0 Å². The normalized spacial score (nSPS) is 20.5. The zero-order valence-corrected chi connectivity index (χ0v) is 13.0. The molecule has 20 heavy (non-hydrogen) atoms. The number of halogens is 1. The van der Waals surface area contributed by atoms with Crippen LogP contribution in [0, 0.1) is 0 Å². The molecule has 2 aliphatic rings. The van der Waals surface area contributed by atoms with Gasteiger partial charge >= 0.3 is 0 Å². The molecule has 1 aliphatic heterocycles. The van der Waals surface area contributed by atoms with Crippen molar-refractivity contribution in [1.82, 2.24) is 5.32 Å². The second kappa shape index (κ2) is 5.22. The van der Waals surface area contributed by atoms with Crippen molar-refractivity contribution >= 4 is 33.2 Å². The summed E-state index contributed by atoms with van der Waals surface area (Å²) in [5.41, 5.74) is 3.04. The number of carbonyl (C=O) groups is 1. The van der Waals surface area contributed by atoms with Gasteiger partial charge in [0.25, 0.3) is 0 Å². The lowest BCUT2D eigenvalue weighted by atomic mass is 10.1. The number of fused-ring (bicyclic) bond motifs is 1. The molecule has 1 amide bonds. The monoisotopic (exact) mass is 335 g/mol. The predicted octanol–water partition coefficient (Wildman–Crippen LogP) is 2.82. The van der Waals surface area contributed by atoms with Crippen LogP contribution in [0.4, 0.5) is 11.4 Å². The number of hydrogen-bond acceptors (Lipinski definition) is 3. The summed E-state index contributed by atoms with van der Waals surface area (Å²) >= 11 is 3.65. The SMILES string of the molecule is C=CCN(c1cc2c(cc1Br)C(NC)C(=O)N2)C1CC1. The Morgan fingerprint density at radius 1 is 1.55 bits per heavy atom. The molecule has 0 aromatic heterocycles. The van der Waals surface area contributed by atoms with E-state index >= 15 is 0 Å². The predicted molar refractivity (Wildman–Crippen MR) is 85.1 cm³/mol. The first kappa shape index (κ1) is 13.6. The van der Waals surface area contributed by atoms with E-state index in [2.05, 4.69) is 44.1 Å². The molecule has 4 nitrogen and oxygen atoms in total. The second-order valence-corrected chi connectivity index (χ2v) is 6.13. The Kier molecular flexibility index (Phi) is 3.56. The van der Waals surface area contributed by atoms with Gasteiger partial charge in [-0.2, -0.15) is 0 Å². The van der Waals surface area contributed by atoms with Crippen molar-refractivity contribution < 1.29 is 4.79 Å². The summed E-state index contributed by atoms with van der Waals surface area (Å²) in [5.74, 6) is 0.00763. The molecule has 0 bridgehead atoms. The molecule has 1 aliphatic carbocycles. The van der Waals surface area contributed by atoms with Gasteiger partial charge in [0.05, 0.1) is 5.69 Å². The van der Waals surface area contributed by atoms with Gasteiger partial charge in [-0.3, -0.25) is 4.79 Å². The van der Waals surface area contributed by atoms with Gasteiger partial charge in [-0.15, -0.1) is 6.58 Å². The van der Waals surface area contributed by atoms with Gasteiger partial charge in [-0.25, -0.2) is 0 Å². The molecular weight excluding hydrogens is 318 g/mol. The summed E-state index contributed by atoms with van der Waals surface area (Å²) in [5, 5.41) is 5.99. The van der Waals surface area contributed by atoms with E-state index in [0.29, 0.717) is 6.04 Å². The van der Waals surface area contributed by atoms with E-state index in [4.69, 9.17) is 0 Å². The summed E-state index contributed by atoms with van der Waals surface area (Å²) in [6.07, 6.45) is 4.37. The van der Waals surface area contributed by atoms with E-state index in [1.54, 1.807) is 7.05 Å². The molecule has 2 N–H and O–H groups in total. The van der Waals surface area contributed by atoms with E-state index in [9.17, 15) is 4.79 Å². The van der Waals surface area contributed by atoms with E-state index in [0.717, 1.165) is 28.0 Å². The van der Waals surface area contributed by atoms with Crippen LogP contribution in [0.1, 0.15) is 24.4 Å². The molecule has 1 saturated carbocycles. The first-order valence-electron chi connectivity index (χ1n) is 6.84. The van der Waals surface area contributed by atoms with E-state index in [1.807, 2.05) is 12.1 Å². The molecule has 1 aromatic carbocycles. The maximum absolute atomic E-state index is 11.9. The van der Waals surface area contributed by atoms with Crippen molar-refractivity contribution in [3.8, 4) is 0 Å². The number of likely N-dealkylation sites (N-methyl/N-ethyl adjacent to an activating group) is 1. The number of hydrogen-bond donors (Lipinski definition) is 2. The maximum Gasteiger partial charge on any atom is 0.246 e. The zero-order chi connectivity index (χ0) is 14.3. The number of amides is 1. The number of nitrogens with one attached hydrogen (secondary N) is 2. The van der Waals surface area contributed by atoms with Gasteiger partial charge in [-0.05, 0) is 48.0 Å². The summed E-state index contributed by atoms with van der Waals surface area (Å²) in [7, 11) is 1.80. The molecular formula is C15H18BrN3O. The topological polar surface area (TPSA) is 44.4 Å². The zero-order valence-electron chi connectivity index (χ0n) is 11.4. The van der Waals surface area contributed by atoms with Crippen molar-refractivity contribution in [2.75, 3.05) is 23.8 Å². The van der Waals surface area contributed by atoms with E-state index in [1.165, 1.54) is 12.8 Å². The number of benzene rings is 1. The molecule has 0 radical (unpaired) electrons. The van der Waals surface area contributed by atoms with Crippen LogP contribution in [0.25, 0.3) is 0 Å². The lowest BCUT2D eigenvalue weighted by molar-refractivity contribution is -0.117. The van der Waals surface area contributed by atoms with E-state index < -0.39 is 0 Å². The molecule has 1 atom stereocenters. The minimum absolute atomic E-state index is 0.00763. The molecule has 0 spiro atoms. The van der Waals surface area contributed by atoms with Crippen LogP contribution >= 0.6 is 15.9 Å². The molecule has 1 unspecified atom stereocenters. The summed E-state index contributed by atoms with van der Waals surface area (Å²) in [6, 6.07) is 4.45. The Bertz CT molecular complexity index is 568. The molecule has 0 saturated heterocycles. The number of anilines is 2. The van der Waals surface area contributed by atoms with Gasteiger partial charge in [0.1, 0.15) is 6.04 Å². The average Bonchev–Trinajstić information content (AvgIpc) is 3.20. The van der Waals surface area contributed by atoms with Gasteiger partial charge < -0.3 is 15.5 Å². The minimum atomic E-state index is -0.260. The highest BCUT2D eigenvalue weighted by Crippen LogP contribution is 2.42. The van der Waals surface area contributed by atoms with Gasteiger partial charge in [0.15, 0.2) is 0 Å². The quantitative estimate of drug-likeness (QED) is 0.813. The van der Waals surface area contributed by atoms with Crippen LogP contribution in [0.15, 0.2) is 29.3 Å². The Morgan fingerprint density at radius 2 is 2.30 bits per heavy atom. The van der Waals surface area contributed by atoms with Gasteiger partial charge in [0, 0.05) is 28.3 Å². The summed E-state index contributed by atoms with van der Waals surface area (Å²) < 4.78 is 1.03. The lowest BCUT2D eigenvalue weighted by Crippen LogP contribution is -2.26. The molecule has 106 valence electrons. The number of carbonyl (C=O) groups excluding carboxylic acids is 1. The third kappa shape index (κ3) is 2.25. The first-order chi connectivity index (χ1) is 9.65. The minimum Gasteiger partial charge on any atom is -0.364 e. The number of rotatable bonds is 5. The van der Waals surface area contributed by atoms with Crippen molar-refractivity contribution in [3.05, 3.63) is 34.8 Å². The Balaban J connectivity index is 2.00. The van der Waals surface area contributed by atoms with Crippen LogP contribution in [-0.2, 0) is 4.79 Å². The Hall–Kier alpha value is -1.33. The number of nitrogens with zero attached hydrogens (tertiary/aromatic N) is 1. The van der Waals surface area contributed by atoms with Crippen molar-refractivity contribution in [2.45, 2.75) is 24.9 Å². The largest absolute Gasteiger partial charge is 0.364 e.